The van der Waals surface area contributed by atoms with Crippen LogP contribution >= 0.6 is 15.9 Å². The zero-order valence-corrected chi connectivity index (χ0v) is 22.3. The van der Waals surface area contributed by atoms with Gasteiger partial charge in [0, 0.05) is 11.3 Å². The van der Waals surface area contributed by atoms with Gasteiger partial charge in [0.15, 0.2) is 0 Å². The molecule has 0 unspecified atom stereocenters. The van der Waals surface area contributed by atoms with Gasteiger partial charge in [0.2, 0.25) is 11.8 Å². The largest absolute Gasteiger partial charge is 0.457 e. The summed E-state index contributed by atoms with van der Waals surface area (Å²) >= 11 is 4.05. The molecule has 5 heteroatoms. The first-order valence-electron chi connectivity index (χ1n) is 13.1. The summed E-state index contributed by atoms with van der Waals surface area (Å²) in [5.74, 6) is -0.0573. The Morgan fingerprint density at radius 2 is 1.28 bits per heavy atom. The second kappa shape index (κ2) is 8.14. The molecule has 2 amide bonds. The van der Waals surface area contributed by atoms with E-state index < -0.39 is 16.2 Å². The van der Waals surface area contributed by atoms with Crippen molar-refractivity contribution in [1.82, 2.24) is 0 Å². The van der Waals surface area contributed by atoms with Gasteiger partial charge in [-0.3, -0.25) is 9.59 Å². The van der Waals surface area contributed by atoms with Gasteiger partial charge in [-0.2, -0.15) is 0 Å². The van der Waals surface area contributed by atoms with Crippen molar-refractivity contribution in [3.8, 4) is 11.5 Å². The van der Waals surface area contributed by atoms with Gasteiger partial charge in [0.1, 0.15) is 11.5 Å². The highest BCUT2D eigenvalue weighted by Crippen LogP contribution is 2.66. The van der Waals surface area contributed by atoms with Crippen LogP contribution in [0, 0.1) is 11.8 Å². The van der Waals surface area contributed by atoms with Crippen LogP contribution < -0.4 is 9.64 Å². The Hall–Kier alpha value is -4.22. The lowest BCUT2D eigenvalue weighted by Gasteiger charge is -2.51. The van der Waals surface area contributed by atoms with Crippen LogP contribution in [0.4, 0.5) is 5.69 Å². The van der Waals surface area contributed by atoms with Gasteiger partial charge in [-0.25, -0.2) is 4.90 Å². The Bertz CT molecular complexity index is 1780. The van der Waals surface area contributed by atoms with Crippen LogP contribution in [-0.2, 0) is 13.9 Å². The number of fused-ring (bicyclic) bond motifs is 1. The maximum atomic E-state index is 14.1. The number of rotatable bonds is 3. The van der Waals surface area contributed by atoms with Gasteiger partial charge < -0.3 is 4.74 Å². The smallest absolute Gasteiger partial charge is 0.239 e. The lowest BCUT2D eigenvalue weighted by atomic mass is 9.55. The van der Waals surface area contributed by atoms with E-state index in [1.807, 2.05) is 66.7 Å². The Morgan fingerprint density at radius 3 is 2.00 bits per heavy atom. The molecule has 2 atom stereocenters. The minimum Gasteiger partial charge on any atom is -0.457 e. The Kier molecular flexibility index (Phi) is 4.74. The number of imide groups is 1. The van der Waals surface area contributed by atoms with E-state index in [1.54, 1.807) is 12.1 Å². The SMILES string of the molecule is O=C1[C@@H]2C3c4ccccc4C(Br)(c4ccccc43)[C@H]2C(=O)N1c1ccc(Oc2cccc3ccccc23)cc1. The fourth-order valence-electron chi connectivity index (χ4n) is 7.01. The molecule has 1 saturated heterocycles. The van der Waals surface area contributed by atoms with E-state index in [0.717, 1.165) is 38.8 Å². The summed E-state index contributed by atoms with van der Waals surface area (Å²) in [5, 5.41) is 2.12. The zero-order valence-electron chi connectivity index (χ0n) is 20.8. The monoisotopic (exact) mass is 571 g/mol. The number of halogens is 1. The van der Waals surface area contributed by atoms with Crippen molar-refractivity contribution in [1.29, 1.82) is 0 Å². The molecular weight excluding hydrogens is 550 g/mol. The summed E-state index contributed by atoms with van der Waals surface area (Å²) in [7, 11) is 0. The average molecular weight is 572 g/mol. The van der Waals surface area contributed by atoms with E-state index in [-0.39, 0.29) is 17.7 Å². The number of carbonyl (C=O) groups excluding carboxylic acids is 2. The predicted molar refractivity (Wildman–Crippen MR) is 154 cm³/mol. The van der Waals surface area contributed by atoms with Gasteiger partial charge in [-0.05, 0) is 58.0 Å². The molecule has 4 nitrogen and oxygen atoms in total. The number of nitrogens with zero attached hydrogens (tertiary/aromatic N) is 1. The third-order valence-electron chi connectivity index (χ3n) is 8.59. The number of amides is 2. The van der Waals surface area contributed by atoms with E-state index in [1.165, 1.54) is 4.90 Å². The number of anilines is 1. The van der Waals surface area contributed by atoms with Crippen molar-refractivity contribution in [3.05, 3.63) is 138 Å². The summed E-state index contributed by atoms with van der Waals surface area (Å²) in [6, 6.07) is 37.7. The Morgan fingerprint density at radius 1 is 0.667 bits per heavy atom. The molecule has 4 aliphatic rings. The fraction of sp³-hybridized carbons (Fsp3) is 0.118. The maximum absolute atomic E-state index is 14.1. The van der Waals surface area contributed by atoms with Gasteiger partial charge in [-0.1, -0.05) is 101 Å². The molecule has 39 heavy (non-hydrogen) atoms. The average Bonchev–Trinajstić information content (AvgIpc) is 3.25. The van der Waals surface area contributed by atoms with Crippen LogP contribution in [0.5, 0.6) is 11.5 Å². The summed E-state index contributed by atoms with van der Waals surface area (Å²) in [5.41, 5.74) is 4.97. The quantitative estimate of drug-likeness (QED) is 0.166. The first-order valence-corrected chi connectivity index (χ1v) is 13.9. The molecule has 0 N–H and O–H groups in total. The normalized spacial score (nSPS) is 24.4. The lowest BCUT2D eigenvalue weighted by molar-refractivity contribution is -0.122. The topological polar surface area (TPSA) is 46.6 Å². The second-order valence-corrected chi connectivity index (χ2v) is 11.7. The highest BCUT2D eigenvalue weighted by atomic mass is 79.9. The second-order valence-electron chi connectivity index (χ2n) is 10.5. The number of ether oxygens (including phenoxy) is 1. The highest BCUT2D eigenvalue weighted by Gasteiger charge is 2.67. The third kappa shape index (κ3) is 2.99. The predicted octanol–water partition coefficient (Wildman–Crippen LogP) is 7.54. The van der Waals surface area contributed by atoms with Crippen molar-refractivity contribution < 1.29 is 14.3 Å². The molecule has 5 aromatic carbocycles. The minimum absolute atomic E-state index is 0.148. The number of hydrogen-bond acceptors (Lipinski definition) is 3. The zero-order chi connectivity index (χ0) is 26.3. The molecule has 0 saturated carbocycles. The Labute approximate surface area is 234 Å². The molecule has 188 valence electrons. The van der Waals surface area contributed by atoms with Gasteiger partial charge >= 0.3 is 0 Å². The summed E-state index contributed by atoms with van der Waals surface area (Å²) < 4.78 is 5.45. The maximum Gasteiger partial charge on any atom is 0.239 e. The van der Waals surface area contributed by atoms with Gasteiger partial charge in [-0.15, -0.1) is 0 Å². The summed E-state index contributed by atoms with van der Waals surface area (Å²) in [6.07, 6.45) is 0. The molecule has 3 aliphatic carbocycles. The van der Waals surface area contributed by atoms with Crippen LogP contribution in [-0.4, -0.2) is 11.8 Å². The van der Waals surface area contributed by atoms with Crippen molar-refractivity contribution in [2.45, 2.75) is 10.2 Å². The van der Waals surface area contributed by atoms with Crippen LogP contribution in [0.15, 0.2) is 115 Å². The molecule has 9 rings (SSSR count). The molecule has 2 bridgehead atoms. The molecule has 5 aromatic rings. The van der Waals surface area contributed by atoms with E-state index >= 15 is 0 Å². The molecule has 0 aromatic heterocycles. The molecule has 1 aliphatic heterocycles. The highest BCUT2D eigenvalue weighted by molar-refractivity contribution is 9.09. The molecule has 0 spiro atoms. The summed E-state index contributed by atoms with van der Waals surface area (Å²) in [4.78, 5) is 29.6. The van der Waals surface area contributed by atoms with Crippen LogP contribution in [0.3, 0.4) is 0 Å². The van der Waals surface area contributed by atoms with E-state index in [4.69, 9.17) is 4.74 Å². The third-order valence-corrected chi connectivity index (χ3v) is 9.93. The number of alkyl halides is 1. The first kappa shape index (κ1) is 22.7. The number of benzene rings is 5. The number of carbonyl (C=O) groups is 2. The van der Waals surface area contributed by atoms with Crippen molar-refractivity contribution in [3.63, 3.8) is 0 Å². The van der Waals surface area contributed by atoms with Crippen molar-refractivity contribution in [2.24, 2.45) is 11.8 Å². The lowest BCUT2D eigenvalue weighted by Crippen LogP contribution is -2.50. The molecule has 1 heterocycles. The summed E-state index contributed by atoms with van der Waals surface area (Å²) in [6.45, 7) is 0. The van der Waals surface area contributed by atoms with Crippen LogP contribution in [0.2, 0.25) is 0 Å². The van der Waals surface area contributed by atoms with Crippen LogP contribution in [0.25, 0.3) is 10.8 Å². The van der Waals surface area contributed by atoms with Crippen LogP contribution in [0.1, 0.15) is 28.2 Å². The van der Waals surface area contributed by atoms with Gasteiger partial charge in [0.05, 0.1) is 21.8 Å². The minimum atomic E-state index is -0.751. The van der Waals surface area contributed by atoms with E-state index in [2.05, 4.69) is 52.3 Å². The standard InChI is InChI=1S/C34H22BrNO3/c35-34-26-13-5-3-11-24(26)29(25-12-4-6-14-27(25)34)30-31(34)33(38)36(32(30)37)21-16-18-22(19-17-21)39-28-15-7-9-20-8-1-2-10-23(20)28/h1-19,29-31H/t29?,30-,31-,34?/m1/s1. The fourth-order valence-corrected chi connectivity index (χ4v) is 8.21. The number of hydrogen-bond donors (Lipinski definition) is 0. The molecule has 1 fully saturated rings. The Balaban J connectivity index is 1.17. The van der Waals surface area contributed by atoms with E-state index in [9.17, 15) is 9.59 Å². The van der Waals surface area contributed by atoms with Crippen molar-refractivity contribution in [2.75, 3.05) is 4.90 Å². The molecule has 0 radical (unpaired) electrons. The van der Waals surface area contributed by atoms with Crippen molar-refractivity contribution >= 4 is 44.2 Å². The first-order chi connectivity index (χ1) is 19.1. The van der Waals surface area contributed by atoms with E-state index in [0.29, 0.717) is 11.4 Å². The molecular formula is C34H22BrNO3. The van der Waals surface area contributed by atoms with Gasteiger partial charge in [0.25, 0.3) is 0 Å².